The number of likely N-dealkylation sites (tertiary alicyclic amines) is 1. The molecule has 0 bridgehead atoms. The van der Waals surface area contributed by atoms with Gasteiger partial charge in [-0.3, -0.25) is 14.0 Å². The van der Waals surface area contributed by atoms with E-state index in [0.717, 1.165) is 41.3 Å². The smallest absolute Gasteiger partial charge is 0.241 e. The van der Waals surface area contributed by atoms with Gasteiger partial charge in [-0.1, -0.05) is 48.4 Å². The molecule has 0 unspecified atom stereocenters. The van der Waals surface area contributed by atoms with Gasteiger partial charge in [0.25, 0.3) is 0 Å². The highest BCUT2D eigenvalue weighted by Gasteiger charge is 2.21. The van der Waals surface area contributed by atoms with Gasteiger partial charge in [-0.2, -0.15) is 0 Å². The van der Waals surface area contributed by atoms with E-state index in [1.807, 2.05) is 37.3 Å². The highest BCUT2D eigenvalue weighted by molar-refractivity contribution is 7.92. The molecule has 2 aromatic carbocycles. The number of carbonyl (C=O) groups is 1. The van der Waals surface area contributed by atoms with E-state index in [1.165, 1.54) is 24.8 Å². The minimum Gasteiger partial charge on any atom is -0.350 e. The van der Waals surface area contributed by atoms with Crippen LogP contribution >= 0.6 is 0 Å². The Bertz CT molecular complexity index is 952. The number of anilines is 1. The quantitative estimate of drug-likeness (QED) is 0.700. The molecule has 0 aliphatic carbocycles. The molecular weight excluding hydrogens is 398 g/mol. The van der Waals surface area contributed by atoms with Gasteiger partial charge in [0, 0.05) is 13.1 Å². The van der Waals surface area contributed by atoms with Crippen molar-refractivity contribution in [3.8, 4) is 0 Å². The van der Waals surface area contributed by atoms with E-state index < -0.39 is 10.0 Å². The van der Waals surface area contributed by atoms with Crippen molar-refractivity contribution in [3.05, 3.63) is 65.2 Å². The van der Waals surface area contributed by atoms with Gasteiger partial charge in [0.1, 0.15) is 6.54 Å². The monoisotopic (exact) mass is 429 g/mol. The van der Waals surface area contributed by atoms with E-state index in [1.54, 1.807) is 12.1 Å². The third kappa shape index (κ3) is 6.31. The Morgan fingerprint density at radius 1 is 1.00 bits per heavy atom. The third-order valence-electron chi connectivity index (χ3n) is 5.45. The maximum atomic E-state index is 12.6. The molecule has 6 nitrogen and oxygen atoms in total. The molecule has 1 saturated heterocycles. The van der Waals surface area contributed by atoms with Crippen LogP contribution in [0.15, 0.2) is 48.5 Å². The summed E-state index contributed by atoms with van der Waals surface area (Å²) in [6.07, 6.45) is 4.89. The predicted molar refractivity (Wildman–Crippen MR) is 121 cm³/mol. The van der Waals surface area contributed by atoms with E-state index in [-0.39, 0.29) is 12.5 Å². The summed E-state index contributed by atoms with van der Waals surface area (Å²) in [6, 6.07) is 15.2. The Balaban J connectivity index is 1.64. The molecule has 1 heterocycles. The van der Waals surface area contributed by atoms with Crippen LogP contribution in [0, 0.1) is 6.92 Å². The number of carbonyl (C=O) groups excluding carboxylic acids is 1. The Labute approximate surface area is 179 Å². The van der Waals surface area contributed by atoms with E-state index >= 15 is 0 Å². The number of benzene rings is 2. The van der Waals surface area contributed by atoms with E-state index in [0.29, 0.717) is 12.2 Å². The van der Waals surface area contributed by atoms with Crippen LogP contribution in [0.4, 0.5) is 5.69 Å². The number of rotatable bonds is 8. The van der Waals surface area contributed by atoms with Gasteiger partial charge >= 0.3 is 0 Å². The molecule has 2 aromatic rings. The molecule has 1 aliphatic heterocycles. The second-order valence-electron chi connectivity index (χ2n) is 7.99. The molecule has 0 radical (unpaired) electrons. The van der Waals surface area contributed by atoms with Crippen LogP contribution in [0.2, 0.25) is 0 Å². The maximum Gasteiger partial charge on any atom is 0.241 e. The van der Waals surface area contributed by atoms with Crippen molar-refractivity contribution in [1.29, 1.82) is 0 Å². The summed E-state index contributed by atoms with van der Waals surface area (Å²) in [5.41, 5.74) is 3.79. The van der Waals surface area contributed by atoms with Crippen molar-refractivity contribution in [1.82, 2.24) is 10.2 Å². The number of hydrogen-bond acceptors (Lipinski definition) is 4. The van der Waals surface area contributed by atoms with Crippen molar-refractivity contribution in [2.75, 3.05) is 30.2 Å². The second kappa shape index (κ2) is 10.1. The lowest BCUT2D eigenvalue weighted by molar-refractivity contribution is -0.119. The van der Waals surface area contributed by atoms with Crippen LogP contribution in [0.1, 0.15) is 36.0 Å². The first-order chi connectivity index (χ1) is 14.3. The molecule has 1 aliphatic rings. The average Bonchev–Trinajstić information content (AvgIpc) is 2.72. The normalized spacial score (nSPS) is 15.0. The van der Waals surface area contributed by atoms with Crippen LogP contribution in [0.3, 0.4) is 0 Å². The first kappa shape index (κ1) is 22.3. The van der Waals surface area contributed by atoms with E-state index in [4.69, 9.17) is 0 Å². The Kier molecular flexibility index (Phi) is 7.50. The zero-order valence-electron chi connectivity index (χ0n) is 17.8. The first-order valence-electron chi connectivity index (χ1n) is 10.4. The van der Waals surface area contributed by atoms with Crippen LogP contribution < -0.4 is 9.62 Å². The molecular formula is C23H31N3O3S. The number of sulfonamides is 1. The van der Waals surface area contributed by atoms with Crippen molar-refractivity contribution in [2.45, 2.75) is 39.3 Å². The number of hydrogen-bond donors (Lipinski definition) is 1. The number of piperidine rings is 1. The molecule has 162 valence electrons. The summed E-state index contributed by atoms with van der Waals surface area (Å²) in [5, 5.41) is 2.90. The van der Waals surface area contributed by atoms with E-state index in [9.17, 15) is 13.2 Å². The maximum absolute atomic E-state index is 12.6. The van der Waals surface area contributed by atoms with Gasteiger partial charge < -0.3 is 5.32 Å². The lowest BCUT2D eigenvalue weighted by atomic mass is 10.0. The van der Waals surface area contributed by atoms with Crippen LogP contribution in [0.5, 0.6) is 0 Å². The van der Waals surface area contributed by atoms with Gasteiger partial charge in [0.05, 0.1) is 11.9 Å². The van der Waals surface area contributed by atoms with Crippen molar-refractivity contribution in [2.24, 2.45) is 0 Å². The zero-order chi connectivity index (χ0) is 21.6. The minimum atomic E-state index is -3.57. The number of aryl methyl sites for hydroxylation is 1. The summed E-state index contributed by atoms with van der Waals surface area (Å²) < 4.78 is 25.6. The summed E-state index contributed by atoms with van der Waals surface area (Å²) in [7, 11) is -3.57. The van der Waals surface area contributed by atoms with Gasteiger partial charge in [-0.05, 0) is 56.1 Å². The van der Waals surface area contributed by atoms with Crippen molar-refractivity contribution < 1.29 is 13.2 Å². The molecule has 0 atom stereocenters. The standard InChI is InChI=1S/C23H31N3O3S/c1-19-10-12-22(13-11-19)26(30(2,28)29)18-23(27)24-16-20-8-4-5-9-21(20)17-25-14-6-3-7-15-25/h4-5,8-13H,3,6-7,14-18H2,1-2H3,(H,24,27). The fraction of sp³-hybridized carbons (Fsp3) is 0.435. The minimum absolute atomic E-state index is 0.240. The number of nitrogens with zero attached hydrogens (tertiary/aromatic N) is 2. The van der Waals surface area contributed by atoms with Crippen LogP contribution in [-0.4, -0.2) is 45.1 Å². The topological polar surface area (TPSA) is 69.7 Å². The van der Waals surface area contributed by atoms with Gasteiger partial charge in [0.2, 0.25) is 15.9 Å². The molecule has 1 fully saturated rings. The molecule has 1 amide bonds. The lowest BCUT2D eigenvalue weighted by Gasteiger charge is -2.27. The summed E-state index contributed by atoms with van der Waals surface area (Å²) in [6.45, 7) is 5.18. The zero-order valence-corrected chi connectivity index (χ0v) is 18.6. The van der Waals surface area contributed by atoms with Gasteiger partial charge in [-0.25, -0.2) is 8.42 Å². The second-order valence-corrected chi connectivity index (χ2v) is 9.89. The Morgan fingerprint density at radius 2 is 1.63 bits per heavy atom. The van der Waals surface area contributed by atoms with Gasteiger partial charge in [-0.15, -0.1) is 0 Å². The molecule has 0 spiro atoms. The Hall–Kier alpha value is -2.38. The predicted octanol–water partition coefficient (Wildman–Crippen LogP) is 3.06. The van der Waals surface area contributed by atoms with Crippen LogP contribution in [0.25, 0.3) is 0 Å². The summed E-state index contributed by atoms with van der Waals surface area (Å²) >= 11 is 0. The fourth-order valence-corrected chi connectivity index (χ4v) is 4.59. The lowest BCUT2D eigenvalue weighted by Crippen LogP contribution is -2.40. The molecule has 30 heavy (non-hydrogen) atoms. The molecule has 3 rings (SSSR count). The number of nitrogens with one attached hydrogen (secondary N) is 1. The highest BCUT2D eigenvalue weighted by atomic mass is 32.2. The third-order valence-corrected chi connectivity index (χ3v) is 6.59. The summed E-state index contributed by atoms with van der Waals surface area (Å²) in [4.78, 5) is 15.0. The average molecular weight is 430 g/mol. The number of amides is 1. The first-order valence-corrected chi connectivity index (χ1v) is 12.3. The molecule has 0 saturated carbocycles. The van der Waals surface area contributed by atoms with Gasteiger partial charge in [0.15, 0.2) is 0 Å². The Morgan fingerprint density at radius 3 is 2.27 bits per heavy atom. The SMILES string of the molecule is Cc1ccc(N(CC(=O)NCc2ccccc2CN2CCCCC2)S(C)(=O)=O)cc1. The summed E-state index contributed by atoms with van der Waals surface area (Å²) in [5.74, 6) is -0.325. The molecule has 7 heteroatoms. The highest BCUT2D eigenvalue weighted by Crippen LogP contribution is 2.19. The fourth-order valence-electron chi connectivity index (χ4n) is 3.73. The van der Waals surface area contributed by atoms with Crippen LogP contribution in [-0.2, 0) is 27.9 Å². The van der Waals surface area contributed by atoms with Crippen molar-refractivity contribution in [3.63, 3.8) is 0 Å². The van der Waals surface area contributed by atoms with Crippen molar-refractivity contribution >= 4 is 21.6 Å². The molecule has 0 aromatic heterocycles. The molecule has 1 N–H and O–H groups in total. The largest absolute Gasteiger partial charge is 0.350 e. The van der Waals surface area contributed by atoms with E-state index in [2.05, 4.69) is 16.3 Å².